The fourth-order valence-electron chi connectivity index (χ4n) is 3.39. The number of thioether (sulfide) groups is 1. The summed E-state index contributed by atoms with van der Waals surface area (Å²) in [5.41, 5.74) is 1.71. The van der Waals surface area contributed by atoms with Crippen LogP contribution >= 0.6 is 23.4 Å². The molecule has 32 heavy (non-hydrogen) atoms. The van der Waals surface area contributed by atoms with E-state index in [9.17, 15) is 14.9 Å². The molecule has 0 radical (unpaired) electrons. The normalized spacial score (nSPS) is 16.1. The van der Waals surface area contributed by atoms with Crippen LogP contribution < -0.4 is 9.47 Å². The molecule has 0 atom stereocenters. The maximum atomic E-state index is 12.9. The summed E-state index contributed by atoms with van der Waals surface area (Å²) in [6, 6.07) is 15.9. The van der Waals surface area contributed by atoms with Gasteiger partial charge in [0.1, 0.15) is 11.5 Å². The minimum atomic E-state index is -0.441. The number of carbonyl (C=O) groups is 2. The minimum absolute atomic E-state index is 0.0103. The van der Waals surface area contributed by atoms with Gasteiger partial charge in [-0.15, -0.1) is 0 Å². The minimum Gasteiger partial charge on any atom is -0.457 e. The van der Waals surface area contributed by atoms with Gasteiger partial charge >= 0.3 is 0 Å². The van der Waals surface area contributed by atoms with E-state index >= 15 is 0 Å². The van der Waals surface area contributed by atoms with Crippen LogP contribution in [0, 0.1) is 11.3 Å². The Morgan fingerprint density at radius 2 is 1.91 bits per heavy atom. The highest BCUT2D eigenvalue weighted by Gasteiger charge is 2.36. The molecule has 1 fully saturated rings. The van der Waals surface area contributed by atoms with Gasteiger partial charge in [0.2, 0.25) is 6.79 Å². The second-order valence-corrected chi connectivity index (χ2v) is 8.32. The molecule has 2 amide bonds. The van der Waals surface area contributed by atoms with Gasteiger partial charge in [0, 0.05) is 22.7 Å². The maximum absolute atomic E-state index is 12.9. The Morgan fingerprint density at radius 1 is 1.12 bits per heavy atom. The van der Waals surface area contributed by atoms with Crippen molar-refractivity contribution in [2.75, 3.05) is 6.79 Å². The van der Waals surface area contributed by atoms with Crippen molar-refractivity contribution in [3.05, 3.63) is 75.3 Å². The SMILES string of the molecule is N#Cc1ccccc1-c1ccc(C=C2SC(=O)N(Cc3cc4c(cc3Cl)OCO4)C2=O)o1. The molecule has 0 bridgehead atoms. The first-order chi connectivity index (χ1) is 15.5. The molecule has 7 nitrogen and oxygen atoms in total. The Bertz CT molecular complexity index is 1340. The van der Waals surface area contributed by atoms with E-state index in [2.05, 4.69) is 6.07 Å². The number of nitriles is 1. The number of carbonyl (C=O) groups excluding carboxylic acids is 2. The topological polar surface area (TPSA) is 92.8 Å². The average molecular weight is 465 g/mol. The van der Waals surface area contributed by atoms with Crippen molar-refractivity contribution < 1.29 is 23.5 Å². The number of ether oxygens (including phenoxy) is 2. The van der Waals surface area contributed by atoms with Crippen molar-refractivity contribution in [3.8, 4) is 28.9 Å². The van der Waals surface area contributed by atoms with Crippen LogP contribution in [-0.2, 0) is 11.3 Å². The summed E-state index contributed by atoms with van der Waals surface area (Å²) in [5.74, 6) is 1.51. The molecule has 158 valence electrons. The van der Waals surface area contributed by atoms with Crippen molar-refractivity contribution in [1.29, 1.82) is 5.26 Å². The molecule has 0 spiro atoms. The van der Waals surface area contributed by atoms with Crippen LogP contribution in [0.25, 0.3) is 17.4 Å². The number of imide groups is 1. The fourth-order valence-corrected chi connectivity index (χ4v) is 4.42. The Balaban J connectivity index is 1.38. The summed E-state index contributed by atoms with van der Waals surface area (Å²) in [5, 5.41) is 9.26. The Hall–Kier alpha value is -3.67. The standard InChI is InChI=1S/C23H13ClN2O5S/c24-17-9-20-19(29-12-30-20)7-14(17)11-26-22(27)21(32-23(26)28)8-15-5-6-18(31-15)16-4-2-1-3-13(16)10-25/h1-9H,11-12H2. The number of nitrogens with zero attached hydrogens (tertiary/aromatic N) is 2. The number of halogens is 1. The molecule has 1 saturated heterocycles. The first-order valence-electron chi connectivity index (χ1n) is 9.46. The third-order valence-corrected chi connectivity index (χ3v) is 6.22. The molecular formula is C23H13ClN2O5S. The summed E-state index contributed by atoms with van der Waals surface area (Å²) in [7, 11) is 0. The third-order valence-electron chi connectivity index (χ3n) is 4.96. The zero-order valence-corrected chi connectivity index (χ0v) is 17.9. The van der Waals surface area contributed by atoms with Crippen molar-refractivity contribution >= 4 is 40.6 Å². The Morgan fingerprint density at radius 3 is 2.72 bits per heavy atom. The van der Waals surface area contributed by atoms with E-state index in [4.69, 9.17) is 25.5 Å². The maximum Gasteiger partial charge on any atom is 0.293 e. The lowest BCUT2D eigenvalue weighted by atomic mass is 10.1. The predicted molar refractivity (Wildman–Crippen MR) is 118 cm³/mol. The van der Waals surface area contributed by atoms with Crippen LogP contribution in [0.4, 0.5) is 4.79 Å². The summed E-state index contributed by atoms with van der Waals surface area (Å²) >= 11 is 7.12. The zero-order valence-electron chi connectivity index (χ0n) is 16.3. The number of hydrogen-bond donors (Lipinski definition) is 0. The van der Waals surface area contributed by atoms with E-state index in [1.54, 1.807) is 42.5 Å². The third kappa shape index (κ3) is 3.62. The number of fused-ring (bicyclic) bond motifs is 1. The summed E-state index contributed by atoms with van der Waals surface area (Å²) in [6.45, 7) is 0.111. The lowest BCUT2D eigenvalue weighted by Gasteiger charge is -2.14. The predicted octanol–water partition coefficient (Wildman–Crippen LogP) is 5.44. The molecule has 3 aromatic rings. The Labute approximate surface area is 191 Å². The molecule has 0 saturated carbocycles. The molecule has 3 heterocycles. The van der Waals surface area contributed by atoms with Gasteiger partial charge in [-0.3, -0.25) is 14.5 Å². The number of benzene rings is 2. The highest BCUT2D eigenvalue weighted by molar-refractivity contribution is 8.18. The highest BCUT2D eigenvalue weighted by atomic mass is 35.5. The number of furan rings is 1. The zero-order chi connectivity index (χ0) is 22.2. The number of rotatable bonds is 4. The second kappa shape index (κ2) is 8.11. The van der Waals surface area contributed by atoms with Crippen LogP contribution in [0.3, 0.4) is 0 Å². The van der Waals surface area contributed by atoms with Crippen LogP contribution in [0.2, 0.25) is 5.02 Å². The highest BCUT2D eigenvalue weighted by Crippen LogP contribution is 2.39. The summed E-state index contributed by atoms with van der Waals surface area (Å²) in [6.07, 6.45) is 1.52. The van der Waals surface area contributed by atoms with Crippen molar-refractivity contribution in [3.63, 3.8) is 0 Å². The van der Waals surface area contributed by atoms with Crippen LogP contribution in [0.15, 0.2) is 57.9 Å². The molecule has 9 heteroatoms. The van der Waals surface area contributed by atoms with E-state index in [-0.39, 0.29) is 18.2 Å². The average Bonchev–Trinajstić information content (AvgIpc) is 3.50. The van der Waals surface area contributed by atoms with E-state index < -0.39 is 11.1 Å². The van der Waals surface area contributed by atoms with Gasteiger partial charge in [0.25, 0.3) is 11.1 Å². The number of amides is 2. The lowest BCUT2D eigenvalue weighted by molar-refractivity contribution is -0.123. The van der Waals surface area contributed by atoms with Gasteiger partial charge in [-0.25, -0.2) is 0 Å². The Kier molecular flexibility index (Phi) is 5.13. The van der Waals surface area contributed by atoms with Crippen molar-refractivity contribution in [2.24, 2.45) is 0 Å². The first kappa shape index (κ1) is 20.2. The lowest BCUT2D eigenvalue weighted by Crippen LogP contribution is -2.27. The largest absolute Gasteiger partial charge is 0.457 e. The smallest absolute Gasteiger partial charge is 0.293 e. The van der Waals surface area contributed by atoms with E-state index in [0.29, 0.717) is 44.7 Å². The molecule has 0 aliphatic carbocycles. The van der Waals surface area contributed by atoms with Crippen molar-refractivity contribution in [1.82, 2.24) is 4.90 Å². The molecule has 2 aliphatic heterocycles. The van der Waals surface area contributed by atoms with Crippen LogP contribution in [0.5, 0.6) is 11.5 Å². The van der Waals surface area contributed by atoms with Crippen molar-refractivity contribution in [2.45, 2.75) is 6.54 Å². The van der Waals surface area contributed by atoms with E-state index in [1.165, 1.54) is 6.08 Å². The van der Waals surface area contributed by atoms with Gasteiger partial charge in [-0.05, 0) is 47.7 Å². The molecule has 2 aromatic carbocycles. The van der Waals surface area contributed by atoms with Gasteiger partial charge in [-0.1, -0.05) is 23.7 Å². The van der Waals surface area contributed by atoms with E-state index in [1.807, 2.05) is 6.07 Å². The quantitative estimate of drug-likeness (QED) is 0.475. The van der Waals surface area contributed by atoms with Crippen LogP contribution in [0.1, 0.15) is 16.9 Å². The molecule has 0 unspecified atom stereocenters. The summed E-state index contributed by atoms with van der Waals surface area (Å²) < 4.78 is 16.4. The number of hydrogen-bond acceptors (Lipinski definition) is 7. The second-order valence-electron chi connectivity index (χ2n) is 6.92. The molecule has 2 aliphatic rings. The van der Waals surface area contributed by atoms with Crippen LogP contribution in [-0.4, -0.2) is 22.8 Å². The monoisotopic (exact) mass is 464 g/mol. The summed E-state index contributed by atoms with van der Waals surface area (Å²) in [4.78, 5) is 26.7. The van der Waals surface area contributed by atoms with Gasteiger partial charge < -0.3 is 13.9 Å². The van der Waals surface area contributed by atoms with Gasteiger partial charge in [0.05, 0.1) is 23.1 Å². The molecule has 0 N–H and O–H groups in total. The molecular weight excluding hydrogens is 452 g/mol. The molecule has 1 aromatic heterocycles. The fraction of sp³-hybridized carbons (Fsp3) is 0.0870. The first-order valence-corrected chi connectivity index (χ1v) is 10.7. The van der Waals surface area contributed by atoms with E-state index in [0.717, 1.165) is 16.7 Å². The van der Waals surface area contributed by atoms with Gasteiger partial charge in [-0.2, -0.15) is 5.26 Å². The molecule has 5 rings (SSSR count). The van der Waals surface area contributed by atoms with Gasteiger partial charge in [0.15, 0.2) is 11.5 Å².